The molecule has 0 aliphatic heterocycles. The van der Waals surface area contributed by atoms with Crippen molar-refractivity contribution in [1.82, 2.24) is 4.98 Å². The molecule has 21 heavy (non-hydrogen) atoms. The highest BCUT2D eigenvalue weighted by Gasteiger charge is 2.21. The predicted molar refractivity (Wildman–Crippen MR) is 85.4 cm³/mol. The molecule has 0 unspecified atom stereocenters. The Balaban J connectivity index is 2.41. The van der Waals surface area contributed by atoms with Crippen molar-refractivity contribution in [3.8, 4) is 0 Å². The topological polar surface area (TPSA) is 71.1 Å². The van der Waals surface area contributed by atoms with E-state index < -0.39 is 10.0 Å². The van der Waals surface area contributed by atoms with Crippen molar-refractivity contribution in [2.24, 2.45) is 0 Å². The minimum Gasteiger partial charge on any atom is -0.383 e. The lowest BCUT2D eigenvalue weighted by Gasteiger charge is -2.13. The second-order valence-corrected chi connectivity index (χ2v) is 6.41. The van der Waals surface area contributed by atoms with E-state index in [2.05, 4.69) is 15.0 Å². The Kier molecular flexibility index (Phi) is 4.69. The molecule has 0 saturated heterocycles. The number of anilines is 2. The van der Waals surface area contributed by atoms with Gasteiger partial charge in [0.15, 0.2) is 5.03 Å². The normalized spacial score (nSPS) is 11.2. The molecule has 1 aromatic carbocycles. The van der Waals surface area contributed by atoms with E-state index >= 15 is 0 Å². The van der Waals surface area contributed by atoms with Gasteiger partial charge in [0.2, 0.25) is 0 Å². The van der Waals surface area contributed by atoms with E-state index in [0.717, 1.165) is 0 Å². The SMILES string of the molecule is CCNc1cccnc1S(=O)(=O)Nc1cccc(Cl)c1C. The molecule has 7 heteroatoms. The van der Waals surface area contributed by atoms with Crippen LogP contribution in [0.3, 0.4) is 0 Å². The molecule has 0 aliphatic carbocycles. The summed E-state index contributed by atoms with van der Waals surface area (Å²) in [5.74, 6) is 0. The highest BCUT2D eigenvalue weighted by atomic mass is 35.5. The fourth-order valence-corrected chi connectivity index (χ4v) is 3.25. The minimum atomic E-state index is -3.79. The third kappa shape index (κ3) is 3.46. The molecule has 2 rings (SSSR count). The van der Waals surface area contributed by atoms with Crippen molar-refractivity contribution in [1.29, 1.82) is 0 Å². The Bertz CT molecular complexity index is 748. The van der Waals surface area contributed by atoms with Crippen molar-refractivity contribution in [3.05, 3.63) is 47.1 Å². The maximum absolute atomic E-state index is 12.5. The maximum atomic E-state index is 12.5. The summed E-state index contributed by atoms with van der Waals surface area (Å²) >= 11 is 6.01. The van der Waals surface area contributed by atoms with Crippen molar-refractivity contribution in [2.75, 3.05) is 16.6 Å². The number of rotatable bonds is 5. The first-order valence-corrected chi connectivity index (χ1v) is 8.28. The van der Waals surface area contributed by atoms with Crippen LogP contribution in [0.4, 0.5) is 11.4 Å². The van der Waals surface area contributed by atoms with Crippen LogP contribution in [0.5, 0.6) is 0 Å². The molecule has 0 atom stereocenters. The van der Waals surface area contributed by atoms with E-state index in [4.69, 9.17) is 11.6 Å². The lowest BCUT2D eigenvalue weighted by atomic mass is 10.2. The van der Waals surface area contributed by atoms with Gasteiger partial charge in [-0.25, -0.2) is 4.98 Å². The molecule has 0 saturated carbocycles. The molecule has 1 aromatic heterocycles. The van der Waals surface area contributed by atoms with Gasteiger partial charge in [-0.3, -0.25) is 4.72 Å². The number of aromatic nitrogens is 1. The number of pyridine rings is 1. The fraction of sp³-hybridized carbons (Fsp3) is 0.214. The van der Waals surface area contributed by atoms with Crippen LogP contribution in [0.25, 0.3) is 0 Å². The van der Waals surface area contributed by atoms with Crippen LogP contribution in [0.2, 0.25) is 5.02 Å². The number of benzene rings is 1. The smallest absolute Gasteiger partial charge is 0.281 e. The van der Waals surface area contributed by atoms with Gasteiger partial charge in [0, 0.05) is 17.8 Å². The Morgan fingerprint density at radius 2 is 1.90 bits per heavy atom. The first-order chi connectivity index (χ1) is 9.95. The van der Waals surface area contributed by atoms with Gasteiger partial charge in [0.25, 0.3) is 10.0 Å². The van der Waals surface area contributed by atoms with E-state index in [1.165, 1.54) is 6.20 Å². The fourth-order valence-electron chi connectivity index (χ4n) is 1.84. The predicted octanol–water partition coefficient (Wildman–Crippen LogP) is 3.28. The molecule has 0 radical (unpaired) electrons. The van der Waals surface area contributed by atoms with E-state index in [1.54, 1.807) is 37.3 Å². The number of sulfonamides is 1. The van der Waals surface area contributed by atoms with Crippen LogP contribution in [0, 0.1) is 6.92 Å². The standard InChI is InChI=1S/C14H16ClN3O2S/c1-3-16-13-8-5-9-17-14(13)21(19,20)18-12-7-4-6-11(15)10(12)2/h4-9,16,18H,3H2,1-2H3. The third-order valence-electron chi connectivity index (χ3n) is 2.90. The number of nitrogens with one attached hydrogen (secondary N) is 2. The molecular formula is C14H16ClN3O2S. The molecule has 0 fully saturated rings. The molecule has 2 N–H and O–H groups in total. The Hall–Kier alpha value is -1.79. The van der Waals surface area contributed by atoms with Crippen molar-refractivity contribution in [2.45, 2.75) is 18.9 Å². The number of nitrogens with zero attached hydrogens (tertiary/aromatic N) is 1. The van der Waals surface area contributed by atoms with Gasteiger partial charge in [0.05, 0.1) is 11.4 Å². The summed E-state index contributed by atoms with van der Waals surface area (Å²) in [6.07, 6.45) is 1.44. The van der Waals surface area contributed by atoms with Gasteiger partial charge in [-0.1, -0.05) is 17.7 Å². The Labute approximate surface area is 129 Å². The average Bonchev–Trinajstić information content (AvgIpc) is 2.44. The van der Waals surface area contributed by atoms with Crippen LogP contribution < -0.4 is 10.0 Å². The van der Waals surface area contributed by atoms with E-state index in [0.29, 0.717) is 28.5 Å². The third-order valence-corrected chi connectivity index (χ3v) is 4.64. The lowest BCUT2D eigenvalue weighted by molar-refractivity contribution is 0.598. The van der Waals surface area contributed by atoms with Gasteiger partial charge >= 0.3 is 0 Å². The summed E-state index contributed by atoms with van der Waals surface area (Å²) in [7, 11) is -3.79. The van der Waals surface area contributed by atoms with Crippen LogP contribution in [0.1, 0.15) is 12.5 Å². The molecule has 0 amide bonds. The van der Waals surface area contributed by atoms with E-state index in [-0.39, 0.29) is 5.03 Å². The monoisotopic (exact) mass is 325 g/mol. The molecule has 112 valence electrons. The lowest BCUT2D eigenvalue weighted by Crippen LogP contribution is -2.17. The number of hydrogen-bond acceptors (Lipinski definition) is 4. The minimum absolute atomic E-state index is 0.0359. The molecule has 5 nitrogen and oxygen atoms in total. The van der Waals surface area contributed by atoms with Crippen molar-refractivity contribution < 1.29 is 8.42 Å². The molecule has 0 spiro atoms. The van der Waals surface area contributed by atoms with Crippen LogP contribution in [-0.4, -0.2) is 19.9 Å². The zero-order valence-corrected chi connectivity index (χ0v) is 13.3. The highest BCUT2D eigenvalue weighted by molar-refractivity contribution is 7.92. The zero-order chi connectivity index (χ0) is 15.5. The second-order valence-electron chi connectivity index (χ2n) is 4.40. The van der Waals surface area contributed by atoms with E-state index in [9.17, 15) is 8.42 Å². The van der Waals surface area contributed by atoms with Gasteiger partial charge < -0.3 is 5.32 Å². The molecule has 0 bridgehead atoms. The molecule has 0 aliphatic rings. The average molecular weight is 326 g/mol. The van der Waals surface area contributed by atoms with Crippen LogP contribution >= 0.6 is 11.6 Å². The number of hydrogen-bond donors (Lipinski definition) is 2. The van der Waals surface area contributed by atoms with E-state index in [1.807, 2.05) is 6.92 Å². The Morgan fingerprint density at radius 1 is 1.19 bits per heavy atom. The maximum Gasteiger partial charge on any atom is 0.281 e. The highest BCUT2D eigenvalue weighted by Crippen LogP contribution is 2.26. The molecular weight excluding hydrogens is 310 g/mol. The second kappa shape index (κ2) is 6.32. The van der Waals surface area contributed by atoms with Crippen molar-refractivity contribution in [3.63, 3.8) is 0 Å². The summed E-state index contributed by atoms with van der Waals surface area (Å²) in [5.41, 5.74) is 1.58. The quantitative estimate of drug-likeness (QED) is 0.885. The zero-order valence-electron chi connectivity index (χ0n) is 11.7. The molecule has 1 heterocycles. The van der Waals surface area contributed by atoms with Crippen LogP contribution in [-0.2, 0) is 10.0 Å². The number of halogens is 1. The Morgan fingerprint density at radius 3 is 2.62 bits per heavy atom. The summed E-state index contributed by atoms with van der Waals surface area (Å²) in [6, 6.07) is 8.42. The largest absolute Gasteiger partial charge is 0.383 e. The van der Waals surface area contributed by atoms with Gasteiger partial charge in [-0.15, -0.1) is 0 Å². The molecule has 2 aromatic rings. The summed E-state index contributed by atoms with van der Waals surface area (Å²) < 4.78 is 27.5. The first-order valence-electron chi connectivity index (χ1n) is 6.42. The summed E-state index contributed by atoms with van der Waals surface area (Å²) in [6.45, 7) is 4.24. The summed E-state index contributed by atoms with van der Waals surface area (Å²) in [4.78, 5) is 3.97. The van der Waals surface area contributed by atoms with Crippen LogP contribution in [0.15, 0.2) is 41.6 Å². The van der Waals surface area contributed by atoms with Gasteiger partial charge in [0.1, 0.15) is 0 Å². The van der Waals surface area contributed by atoms with Crippen molar-refractivity contribution >= 4 is 33.0 Å². The van der Waals surface area contributed by atoms with Gasteiger partial charge in [-0.2, -0.15) is 8.42 Å². The summed E-state index contributed by atoms with van der Waals surface area (Å²) in [5, 5.41) is 3.45. The first kappa shape index (κ1) is 15.6. The van der Waals surface area contributed by atoms with Gasteiger partial charge in [-0.05, 0) is 43.7 Å².